The fourth-order valence-corrected chi connectivity index (χ4v) is 3.37. The number of halogens is 2. The van der Waals surface area contributed by atoms with Crippen molar-refractivity contribution in [2.75, 3.05) is 25.0 Å². The van der Waals surface area contributed by atoms with Crippen molar-refractivity contribution in [2.24, 2.45) is 0 Å². The number of carboxylic acid groups (broad SMARTS) is 1. The molecule has 0 saturated carbocycles. The topological polar surface area (TPSA) is 106 Å². The maximum Gasteiger partial charge on any atom is 0.407 e. The van der Waals surface area contributed by atoms with Crippen molar-refractivity contribution in [3.8, 4) is 11.4 Å². The van der Waals surface area contributed by atoms with Gasteiger partial charge in [-0.3, -0.25) is 4.79 Å². The Hall–Kier alpha value is -3.99. The lowest BCUT2D eigenvalue weighted by Crippen LogP contribution is -2.41. The van der Waals surface area contributed by atoms with Crippen LogP contribution in [0.2, 0.25) is 0 Å². The fourth-order valence-electron chi connectivity index (χ4n) is 3.37. The van der Waals surface area contributed by atoms with Crippen LogP contribution < -0.4 is 10.1 Å². The number of carbonyl (C=O) groups is 2. The molecule has 1 aromatic heterocycles. The number of amides is 2. The van der Waals surface area contributed by atoms with Gasteiger partial charge in [-0.1, -0.05) is 12.1 Å². The second-order valence-corrected chi connectivity index (χ2v) is 7.18. The van der Waals surface area contributed by atoms with Gasteiger partial charge in [0.25, 0.3) is 5.91 Å². The van der Waals surface area contributed by atoms with E-state index in [9.17, 15) is 18.4 Å². The standard InChI is InChI=1S/C22H20F2N4O5/c23-21(24)33-17-7-5-16(6-8-17)28-10-9-18(26-28)20(29)25-15-3-1-14(2-4-15)19-13-27(22(30)31)11-12-32-19/h1-10,19,21H,11-13H2,(H,25,29)(H,30,31)/t19-/m1/s1. The minimum atomic E-state index is -2.90. The van der Waals surface area contributed by atoms with Gasteiger partial charge in [0.1, 0.15) is 11.9 Å². The van der Waals surface area contributed by atoms with Crippen molar-refractivity contribution in [1.29, 1.82) is 0 Å². The predicted octanol–water partition coefficient (Wildman–Crippen LogP) is 3.78. The van der Waals surface area contributed by atoms with Crippen molar-refractivity contribution in [1.82, 2.24) is 14.7 Å². The number of hydrogen-bond acceptors (Lipinski definition) is 5. The molecule has 1 aliphatic rings. The minimum absolute atomic E-state index is 0.0246. The summed E-state index contributed by atoms with van der Waals surface area (Å²) in [6, 6.07) is 14.3. The Balaban J connectivity index is 1.38. The van der Waals surface area contributed by atoms with E-state index in [-0.39, 0.29) is 24.1 Å². The highest BCUT2D eigenvalue weighted by atomic mass is 19.3. The van der Waals surface area contributed by atoms with E-state index in [1.165, 1.54) is 27.8 Å². The molecule has 1 atom stereocenters. The summed E-state index contributed by atoms with van der Waals surface area (Å²) in [4.78, 5) is 25.0. The van der Waals surface area contributed by atoms with E-state index in [2.05, 4.69) is 15.2 Å². The normalized spacial score (nSPS) is 16.0. The summed E-state index contributed by atoms with van der Waals surface area (Å²) in [6.45, 7) is -2.01. The molecule has 1 aliphatic heterocycles. The van der Waals surface area contributed by atoms with Gasteiger partial charge < -0.3 is 24.8 Å². The predicted molar refractivity (Wildman–Crippen MR) is 113 cm³/mol. The van der Waals surface area contributed by atoms with Gasteiger partial charge in [0.15, 0.2) is 5.69 Å². The molecule has 2 aromatic carbocycles. The lowest BCUT2D eigenvalue weighted by atomic mass is 10.1. The van der Waals surface area contributed by atoms with Crippen LogP contribution in [0.1, 0.15) is 22.2 Å². The first-order valence-electron chi connectivity index (χ1n) is 10.0. The zero-order chi connectivity index (χ0) is 23.4. The average Bonchev–Trinajstić information content (AvgIpc) is 3.30. The van der Waals surface area contributed by atoms with E-state index < -0.39 is 18.6 Å². The lowest BCUT2D eigenvalue weighted by molar-refractivity contribution is -0.0498. The molecule has 9 nitrogen and oxygen atoms in total. The number of carbonyl (C=O) groups excluding carboxylic acids is 1. The van der Waals surface area contributed by atoms with Crippen LogP contribution in [-0.2, 0) is 4.74 Å². The minimum Gasteiger partial charge on any atom is -0.465 e. The van der Waals surface area contributed by atoms with Gasteiger partial charge in [0.2, 0.25) is 0 Å². The molecule has 2 heterocycles. The summed E-state index contributed by atoms with van der Waals surface area (Å²) < 4.78 is 35.9. The van der Waals surface area contributed by atoms with Crippen LogP contribution in [-0.4, -0.2) is 58.1 Å². The molecule has 0 spiro atoms. The molecule has 2 N–H and O–H groups in total. The molecule has 33 heavy (non-hydrogen) atoms. The van der Waals surface area contributed by atoms with Crippen molar-refractivity contribution < 1.29 is 33.0 Å². The third kappa shape index (κ3) is 5.44. The molecule has 3 aromatic rings. The first kappa shape index (κ1) is 22.2. The van der Waals surface area contributed by atoms with Gasteiger partial charge in [0, 0.05) is 18.4 Å². The van der Waals surface area contributed by atoms with Crippen molar-refractivity contribution in [2.45, 2.75) is 12.7 Å². The van der Waals surface area contributed by atoms with Gasteiger partial charge >= 0.3 is 12.7 Å². The summed E-state index contributed by atoms with van der Waals surface area (Å²) in [6.07, 6.45) is 0.229. The molecule has 11 heteroatoms. The second kappa shape index (κ2) is 9.65. The summed E-state index contributed by atoms with van der Waals surface area (Å²) in [7, 11) is 0. The van der Waals surface area contributed by atoms with E-state index in [0.717, 1.165) is 5.56 Å². The van der Waals surface area contributed by atoms with Gasteiger partial charge in [-0.2, -0.15) is 13.9 Å². The Morgan fingerprint density at radius 2 is 1.85 bits per heavy atom. The van der Waals surface area contributed by atoms with Crippen LogP contribution in [0, 0.1) is 0 Å². The second-order valence-electron chi connectivity index (χ2n) is 7.18. The van der Waals surface area contributed by atoms with Crippen LogP contribution in [0.4, 0.5) is 19.3 Å². The van der Waals surface area contributed by atoms with Crippen LogP contribution in [0.3, 0.4) is 0 Å². The Morgan fingerprint density at radius 3 is 2.52 bits per heavy atom. The number of alkyl halides is 2. The quantitative estimate of drug-likeness (QED) is 0.583. The molecule has 0 unspecified atom stereocenters. The van der Waals surface area contributed by atoms with Crippen molar-refractivity contribution in [3.63, 3.8) is 0 Å². The molecular formula is C22H20F2N4O5. The molecule has 0 aliphatic carbocycles. The fraction of sp³-hybridized carbons (Fsp3) is 0.227. The number of aromatic nitrogens is 2. The highest BCUT2D eigenvalue weighted by molar-refractivity contribution is 6.02. The van der Waals surface area contributed by atoms with Crippen molar-refractivity contribution >= 4 is 17.7 Å². The average molecular weight is 458 g/mol. The van der Waals surface area contributed by atoms with E-state index in [1.54, 1.807) is 42.6 Å². The first-order valence-corrected chi connectivity index (χ1v) is 10.0. The zero-order valence-electron chi connectivity index (χ0n) is 17.2. The zero-order valence-corrected chi connectivity index (χ0v) is 17.2. The number of morpholine rings is 1. The molecule has 4 rings (SSSR count). The molecule has 0 bridgehead atoms. The van der Waals surface area contributed by atoms with Gasteiger partial charge in [0.05, 0.1) is 18.8 Å². The number of anilines is 1. The highest BCUT2D eigenvalue weighted by Crippen LogP contribution is 2.24. The third-order valence-corrected chi connectivity index (χ3v) is 5.03. The molecule has 1 fully saturated rings. The summed E-state index contributed by atoms with van der Waals surface area (Å²) in [5, 5.41) is 16.1. The van der Waals surface area contributed by atoms with E-state index >= 15 is 0 Å². The third-order valence-electron chi connectivity index (χ3n) is 5.03. The largest absolute Gasteiger partial charge is 0.465 e. The SMILES string of the molecule is O=C(Nc1ccc([C@H]2CN(C(=O)O)CCO2)cc1)c1ccn(-c2ccc(OC(F)F)cc2)n1. The van der Waals surface area contributed by atoms with Crippen LogP contribution in [0.25, 0.3) is 5.69 Å². The summed E-state index contributed by atoms with van der Waals surface area (Å²) in [5.41, 5.74) is 2.09. The monoisotopic (exact) mass is 458 g/mol. The van der Waals surface area contributed by atoms with Gasteiger partial charge in [-0.25, -0.2) is 9.48 Å². The van der Waals surface area contributed by atoms with E-state index in [1.807, 2.05) is 0 Å². The van der Waals surface area contributed by atoms with E-state index in [0.29, 0.717) is 24.5 Å². The Kier molecular flexibility index (Phi) is 6.50. The van der Waals surface area contributed by atoms with Gasteiger partial charge in [-0.15, -0.1) is 0 Å². The number of benzene rings is 2. The lowest BCUT2D eigenvalue weighted by Gasteiger charge is -2.31. The molecule has 172 valence electrons. The Morgan fingerprint density at radius 1 is 1.12 bits per heavy atom. The van der Waals surface area contributed by atoms with Crippen LogP contribution >= 0.6 is 0 Å². The Bertz CT molecular complexity index is 1120. The number of rotatable bonds is 6. The molecule has 1 saturated heterocycles. The summed E-state index contributed by atoms with van der Waals surface area (Å²) >= 11 is 0. The first-order chi connectivity index (χ1) is 15.9. The van der Waals surface area contributed by atoms with Crippen molar-refractivity contribution in [3.05, 3.63) is 72.1 Å². The maximum absolute atomic E-state index is 12.6. The number of nitrogens with one attached hydrogen (secondary N) is 1. The van der Waals surface area contributed by atoms with Crippen LogP contribution in [0.5, 0.6) is 5.75 Å². The maximum atomic E-state index is 12.6. The highest BCUT2D eigenvalue weighted by Gasteiger charge is 2.25. The van der Waals surface area contributed by atoms with Crippen LogP contribution in [0.15, 0.2) is 60.8 Å². The molecule has 0 radical (unpaired) electrons. The smallest absolute Gasteiger partial charge is 0.407 e. The summed E-state index contributed by atoms with van der Waals surface area (Å²) in [5.74, 6) is -0.401. The number of nitrogens with zero attached hydrogens (tertiary/aromatic N) is 3. The van der Waals surface area contributed by atoms with Gasteiger partial charge in [-0.05, 0) is 48.0 Å². The molecule has 2 amide bonds. The Labute approximate surface area is 187 Å². The number of hydrogen-bond donors (Lipinski definition) is 2. The van der Waals surface area contributed by atoms with E-state index in [4.69, 9.17) is 9.84 Å². The molecular weight excluding hydrogens is 438 g/mol. The number of ether oxygens (including phenoxy) is 2.